The average molecular weight is 285 g/mol. The lowest BCUT2D eigenvalue weighted by Gasteiger charge is -2.02. The van der Waals surface area contributed by atoms with Crippen molar-refractivity contribution in [2.45, 2.75) is 83.5 Å². The van der Waals surface area contributed by atoms with Crippen LogP contribution in [0.15, 0.2) is 4.99 Å². The van der Waals surface area contributed by atoms with Crippen LogP contribution in [-0.4, -0.2) is 18.4 Å². The molecule has 0 saturated heterocycles. The first-order valence-corrected chi connectivity index (χ1v) is 8.69. The number of carbonyl (C=O) groups excluding carboxylic acids is 1. The van der Waals surface area contributed by atoms with E-state index in [0.29, 0.717) is 6.54 Å². The SMILES string of the molecule is O=C=NCCCCCCCCCCCCCCCS. The number of nitrogens with zero attached hydrogens (tertiary/aromatic N) is 1. The summed E-state index contributed by atoms with van der Waals surface area (Å²) in [6.07, 6.45) is 18.9. The molecule has 0 aromatic heterocycles. The Morgan fingerprint density at radius 3 is 1.37 bits per heavy atom. The first-order valence-electron chi connectivity index (χ1n) is 8.06. The van der Waals surface area contributed by atoms with Crippen molar-refractivity contribution in [3.05, 3.63) is 0 Å². The standard InChI is InChI=1S/C16H31NOS/c18-16-17-14-12-10-8-6-4-2-1-3-5-7-9-11-13-15-19/h19H,1-15H2. The second-order valence-electron chi connectivity index (χ2n) is 5.29. The number of unbranched alkanes of at least 4 members (excludes halogenated alkanes) is 12. The summed E-state index contributed by atoms with van der Waals surface area (Å²) >= 11 is 4.22. The Kier molecular flexibility index (Phi) is 17.5. The van der Waals surface area contributed by atoms with Crippen molar-refractivity contribution in [3.63, 3.8) is 0 Å². The Bertz CT molecular complexity index is 215. The van der Waals surface area contributed by atoms with Crippen molar-refractivity contribution < 1.29 is 4.79 Å². The second kappa shape index (κ2) is 17.7. The van der Waals surface area contributed by atoms with Gasteiger partial charge in [-0.25, -0.2) is 9.79 Å². The topological polar surface area (TPSA) is 29.4 Å². The van der Waals surface area contributed by atoms with Crippen LogP contribution in [-0.2, 0) is 4.79 Å². The molecular formula is C16H31NOS. The van der Waals surface area contributed by atoms with E-state index in [1.54, 1.807) is 6.08 Å². The maximum Gasteiger partial charge on any atom is 0.234 e. The van der Waals surface area contributed by atoms with Gasteiger partial charge in [0, 0.05) is 0 Å². The van der Waals surface area contributed by atoms with Crippen LogP contribution < -0.4 is 0 Å². The lowest BCUT2D eigenvalue weighted by molar-refractivity contribution is 0.539. The molecule has 0 saturated carbocycles. The zero-order valence-electron chi connectivity index (χ0n) is 12.4. The third-order valence-corrected chi connectivity index (χ3v) is 3.81. The lowest BCUT2D eigenvalue weighted by Crippen LogP contribution is -1.84. The number of thiol groups is 1. The highest BCUT2D eigenvalue weighted by Crippen LogP contribution is 2.12. The number of aliphatic imine (C=N–C) groups is 1. The molecule has 0 aliphatic carbocycles. The van der Waals surface area contributed by atoms with E-state index in [2.05, 4.69) is 17.6 Å². The average Bonchev–Trinajstić information content (AvgIpc) is 2.43. The van der Waals surface area contributed by atoms with E-state index in [4.69, 9.17) is 0 Å². The fourth-order valence-corrected chi connectivity index (χ4v) is 2.52. The molecule has 0 radical (unpaired) electrons. The summed E-state index contributed by atoms with van der Waals surface area (Å²) in [5, 5.41) is 0. The highest BCUT2D eigenvalue weighted by atomic mass is 32.1. The molecule has 0 bridgehead atoms. The highest BCUT2D eigenvalue weighted by Gasteiger charge is 1.93. The van der Waals surface area contributed by atoms with Crippen LogP contribution in [0.3, 0.4) is 0 Å². The molecule has 0 aromatic rings. The molecule has 3 heteroatoms. The second-order valence-corrected chi connectivity index (χ2v) is 5.74. The first-order chi connectivity index (χ1) is 9.41. The Morgan fingerprint density at radius 1 is 0.632 bits per heavy atom. The fourth-order valence-electron chi connectivity index (χ4n) is 2.29. The Labute approximate surface area is 124 Å². The fraction of sp³-hybridized carbons (Fsp3) is 0.938. The van der Waals surface area contributed by atoms with Gasteiger partial charge in [-0.1, -0.05) is 70.6 Å². The lowest BCUT2D eigenvalue weighted by atomic mass is 10.0. The minimum Gasteiger partial charge on any atom is -0.211 e. The van der Waals surface area contributed by atoms with Crippen molar-refractivity contribution in [3.8, 4) is 0 Å². The van der Waals surface area contributed by atoms with Crippen molar-refractivity contribution in [2.75, 3.05) is 12.3 Å². The Hall–Kier alpha value is -0.270. The monoisotopic (exact) mass is 285 g/mol. The van der Waals surface area contributed by atoms with Gasteiger partial charge in [-0.3, -0.25) is 0 Å². The van der Waals surface area contributed by atoms with E-state index in [1.807, 2.05) is 0 Å². The molecule has 0 aromatic carbocycles. The maximum atomic E-state index is 9.84. The molecule has 0 N–H and O–H groups in total. The highest BCUT2D eigenvalue weighted by molar-refractivity contribution is 7.80. The Morgan fingerprint density at radius 2 is 1.00 bits per heavy atom. The van der Waals surface area contributed by atoms with Crippen LogP contribution >= 0.6 is 12.6 Å². The van der Waals surface area contributed by atoms with Crippen LogP contribution in [0.25, 0.3) is 0 Å². The van der Waals surface area contributed by atoms with Gasteiger partial charge in [0.1, 0.15) is 0 Å². The summed E-state index contributed by atoms with van der Waals surface area (Å²) in [5.41, 5.74) is 0. The van der Waals surface area contributed by atoms with Gasteiger partial charge in [-0.2, -0.15) is 12.6 Å². The molecular weight excluding hydrogens is 254 g/mol. The molecule has 0 heterocycles. The zero-order valence-corrected chi connectivity index (χ0v) is 13.3. The van der Waals surface area contributed by atoms with Gasteiger partial charge in [0.15, 0.2) is 0 Å². The molecule has 112 valence electrons. The van der Waals surface area contributed by atoms with E-state index in [1.165, 1.54) is 77.0 Å². The van der Waals surface area contributed by atoms with E-state index >= 15 is 0 Å². The molecule has 0 spiro atoms. The summed E-state index contributed by atoms with van der Waals surface area (Å²) in [6, 6.07) is 0. The number of hydrogen-bond acceptors (Lipinski definition) is 3. The number of isocyanates is 1. The molecule has 0 amide bonds. The number of hydrogen-bond donors (Lipinski definition) is 1. The molecule has 19 heavy (non-hydrogen) atoms. The summed E-state index contributed by atoms with van der Waals surface area (Å²) < 4.78 is 0. The molecule has 0 aliphatic heterocycles. The molecule has 0 unspecified atom stereocenters. The first kappa shape index (κ1) is 18.7. The van der Waals surface area contributed by atoms with E-state index in [-0.39, 0.29) is 0 Å². The smallest absolute Gasteiger partial charge is 0.211 e. The molecule has 0 rings (SSSR count). The van der Waals surface area contributed by atoms with Crippen molar-refractivity contribution in [1.82, 2.24) is 0 Å². The predicted octanol–water partition coefficient (Wildman–Crippen LogP) is 5.32. The summed E-state index contributed by atoms with van der Waals surface area (Å²) in [6.45, 7) is 0.663. The van der Waals surface area contributed by atoms with Crippen molar-refractivity contribution >= 4 is 18.7 Å². The minimum atomic E-state index is 0.663. The summed E-state index contributed by atoms with van der Waals surface area (Å²) in [4.78, 5) is 13.4. The molecule has 2 nitrogen and oxygen atoms in total. The van der Waals surface area contributed by atoms with Crippen LogP contribution in [0.4, 0.5) is 0 Å². The van der Waals surface area contributed by atoms with Gasteiger partial charge in [-0.05, 0) is 18.6 Å². The van der Waals surface area contributed by atoms with Gasteiger partial charge in [0.05, 0.1) is 6.54 Å². The van der Waals surface area contributed by atoms with E-state index < -0.39 is 0 Å². The third kappa shape index (κ3) is 17.7. The van der Waals surface area contributed by atoms with Gasteiger partial charge in [0.25, 0.3) is 0 Å². The molecule has 0 atom stereocenters. The minimum absolute atomic E-state index is 0.663. The predicted molar refractivity (Wildman–Crippen MR) is 86.9 cm³/mol. The van der Waals surface area contributed by atoms with Crippen LogP contribution in [0.2, 0.25) is 0 Å². The largest absolute Gasteiger partial charge is 0.234 e. The maximum absolute atomic E-state index is 9.84. The van der Waals surface area contributed by atoms with Crippen molar-refractivity contribution in [1.29, 1.82) is 0 Å². The van der Waals surface area contributed by atoms with E-state index in [0.717, 1.165) is 12.2 Å². The van der Waals surface area contributed by atoms with Gasteiger partial charge >= 0.3 is 0 Å². The van der Waals surface area contributed by atoms with Crippen LogP contribution in [0.5, 0.6) is 0 Å². The number of rotatable bonds is 15. The molecule has 0 aliphatic rings. The van der Waals surface area contributed by atoms with Gasteiger partial charge < -0.3 is 0 Å². The van der Waals surface area contributed by atoms with Crippen LogP contribution in [0.1, 0.15) is 83.5 Å². The Balaban J connectivity index is 2.93. The summed E-state index contributed by atoms with van der Waals surface area (Å²) in [5.74, 6) is 1.04. The quantitative estimate of drug-likeness (QED) is 0.187. The normalized spacial score (nSPS) is 10.4. The summed E-state index contributed by atoms with van der Waals surface area (Å²) in [7, 11) is 0. The van der Waals surface area contributed by atoms with Crippen molar-refractivity contribution in [2.24, 2.45) is 4.99 Å². The zero-order chi connectivity index (χ0) is 14.0. The van der Waals surface area contributed by atoms with Gasteiger partial charge in [-0.15, -0.1) is 0 Å². The third-order valence-electron chi connectivity index (χ3n) is 3.49. The van der Waals surface area contributed by atoms with Crippen LogP contribution in [0, 0.1) is 0 Å². The van der Waals surface area contributed by atoms with E-state index in [9.17, 15) is 4.79 Å². The van der Waals surface area contributed by atoms with Gasteiger partial charge in [0.2, 0.25) is 6.08 Å². The molecule has 0 fully saturated rings.